The number of benzene rings is 1. The first-order valence-corrected chi connectivity index (χ1v) is 7.15. The number of ether oxygens (including phenoxy) is 1. The highest BCUT2D eigenvalue weighted by atomic mass is 32.2. The average Bonchev–Trinajstić information content (AvgIpc) is 2.46. The van der Waals surface area contributed by atoms with E-state index in [-0.39, 0.29) is 5.56 Å². The molecule has 1 heterocycles. The number of nitrogens with zero attached hydrogens (tertiary/aromatic N) is 1. The van der Waals surface area contributed by atoms with Gasteiger partial charge in [-0.15, -0.1) is 11.8 Å². The van der Waals surface area contributed by atoms with Crippen LogP contribution in [0.1, 0.15) is 15.9 Å². The zero-order valence-electron chi connectivity index (χ0n) is 11.1. The Balaban J connectivity index is 1.75. The van der Waals surface area contributed by atoms with Crippen molar-refractivity contribution in [2.45, 2.75) is 11.9 Å². The minimum atomic E-state index is -0.961. The Morgan fingerprint density at radius 3 is 2.60 bits per heavy atom. The van der Waals surface area contributed by atoms with Crippen LogP contribution in [0.5, 0.6) is 5.75 Å². The second-order valence-electron chi connectivity index (χ2n) is 4.20. The van der Waals surface area contributed by atoms with Gasteiger partial charge in [0, 0.05) is 11.9 Å². The number of rotatable bonds is 6. The zero-order chi connectivity index (χ0) is 14.4. The molecule has 0 radical (unpaired) electrons. The summed E-state index contributed by atoms with van der Waals surface area (Å²) in [6, 6.07) is 11.2. The molecule has 2 rings (SSSR count). The van der Waals surface area contributed by atoms with Crippen molar-refractivity contribution in [1.29, 1.82) is 0 Å². The molecule has 0 saturated carbocycles. The molecule has 0 spiro atoms. The maximum Gasteiger partial charge on any atom is 0.337 e. The second kappa shape index (κ2) is 6.96. The van der Waals surface area contributed by atoms with Crippen molar-refractivity contribution in [3.05, 3.63) is 53.7 Å². The first-order chi connectivity index (χ1) is 9.65. The Morgan fingerprint density at radius 2 is 2.00 bits per heavy atom. The second-order valence-corrected chi connectivity index (χ2v) is 5.32. The summed E-state index contributed by atoms with van der Waals surface area (Å²) < 4.78 is 5.60. The highest BCUT2D eigenvalue weighted by molar-refractivity contribution is 7.99. The first kappa shape index (κ1) is 14.4. The highest BCUT2D eigenvalue weighted by Crippen LogP contribution is 2.16. The van der Waals surface area contributed by atoms with E-state index in [9.17, 15) is 4.79 Å². The van der Waals surface area contributed by atoms with Gasteiger partial charge in [-0.2, -0.15) is 0 Å². The molecule has 5 heteroatoms. The van der Waals surface area contributed by atoms with Crippen molar-refractivity contribution in [1.82, 2.24) is 4.98 Å². The Hall–Kier alpha value is -2.01. The lowest BCUT2D eigenvalue weighted by Crippen LogP contribution is -2.01. The normalized spacial score (nSPS) is 10.2. The molecule has 20 heavy (non-hydrogen) atoms. The molecule has 1 aromatic heterocycles. The van der Waals surface area contributed by atoms with Gasteiger partial charge in [0.25, 0.3) is 0 Å². The minimum absolute atomic E-state index is 0.199. The van der Waals surface area contributed by atoms with E-state index in [0.717, 1.165) is 16.5 Å². The molecular formula is C15H15NO3S. The molecule has 2 aromatic rings. The molecule has 0 aliphatic carbocycles. The summed E-state index contributed by atoms with van der Waals surface area (Å²) in [7, 11) is 0. The van der Waals surface area contributed by atoms with Crippen LogP contribution in [-0.2, 0) is 0 Å². The largest absolute Gasteiger partial charge is 0.493 e. The van der Waals surface area contributed by atoms with Crippen molar-refractivity contribution < 1.29 is 14.6 Å². The number of carbonyl (C=O) groups is 1. The van der Waals surface area contributed by atoms with Crippen LogP contribution in [-0.4, -0.2) is 28.4 Å². The number of hydrogen-bond donors (Lipinski definition) is 1. The molecule has 0 atom stereocenters. The molecule has 0 aliphatic rings. The average molecular weight is 289 g/mol. The smallest absolute Gasteiger partial charge is 0.337 e. The van der Waals surface area contributed by atoms with Crippen LogP contribution in [0.2, 0.25) is 0 Å². The van der Waals surface area contributed by atoms with Crippen molar-refractivity contribution >= 4 is 17.7 Å². The predicted octanol–water partition coefficient (Wildman–Crippen LogP) is 3.26. The van der Waals surface area contributed by atoms with Crippen molar-refractivity contribution in [2.24, 2.45) is 0 Å². The van der Waals surface area contributed by atoms with Crippen LogP contribution in [0.25, 0.3) is 0 Å². The lowest BCUT2D eigenvalue weighted by atomic mass is 10.2. The van der Waals surface area contributed by atoms with E-state index in [1.807, 2.05) is 31.2 Å². The molecule has 4 nitrogen and oxygen atoms in total. The molecule has 0 saturated heterocycles. The Bertz CT molecular complexity index is 567. The molecule has 0 fully saturated rings. The molecule has 0 bridgehead atoms. The first-order valence-electron chi connectivity index (χ1n) is 6.17. The van der Waals surface area contributed by atoms with Gasteiger partial charge >= 0.3 is 5.97 Å². The van der Waals surface area contributed by atoms with Crippen molar-refractivity contribution in [3.8, 4) is 5.75 Å². The third kappa shape index (κ3) is 4.28. The minimum Gasteiger partial charge on any atom is -0.493 e. The number of aromatic carboxylic acids is 1. The maximum absolute atomic E-state index is 10.7. The van der Waals surface area contributed by atoms with Crippen LogP contribution >= 0.6 is 11.8 Å². The SMILES string of the molecule is Cc1ccc(OCCSc2ccc(C(=O)O)cn2)cc1. The standard InChI is InChI=1S/C15H15NO3S/c1-11-2-5-13(6-3-11)19-8-9-20-14-7-4-12(10-16-14)15(17)18/h2-7,10H,8-9H2,1H3,(H,17,18). The topological polar surface area (TPSA) is 59.4 Å². The number of hydrogen-bond acceptors (Lipinski definition) is 4. The predicted molar refractivity (Wildman–Crippen MR) is 78.6 cm³/mol. The van der Waals surface area contributed by atoms with Gasteiger partial charge in [0.2, 0.25) is 0 Å². The number of pyridine rings is 1. The Labute approximate surface area is 121 Å². The summed E-state index contributed by atoms with van der Waals surface area (Å²) in [5.74, 6) is 0.648. The van der Waals surface area contributed by atoms with Gasteiger partial charge < -0.3 is 9.84 Å². The third-order valence-electron chi connectivity index (χ3n) is 2.61. The summed E-state index contributed by atoms with van der Waals surface area (Å²) in [5, 5.41) is 9.56. The third-order valence-corrected chi connectivity index (χ3v) is 3.51. The number of carboxylic acid groups (broad SMARTS) is 1. The highest BCUT2D eigenvalue weighted by Gasteiger charge is 2.03. The van der Waals surface area contributed by atoms with Crippen molar-refractivity contribution in [3.63, 3.8) is 0 Å². The number of aryl methyl sites for hydroxylation is 1. The number of carboxylic acids is 1. The fourth-order valence-corrected chi connectivity index (χ4v) is 2.20. The lowest BCUT2D eigenvalue weighted by molar-refractivity contribution is 0.0696. The monoisotopic (exact) mass is 289 g/mol. The lowest BCUT2D eigenvalue weighted by Gasteiger charge is -2.06. The number of aromatic nitrogens is 1. The molecule has 0 unspecified atom stereocenters. The van der Waals surface area contributed by atoms with E-state index in [2.05, 4.69) is 4.98 Å². The Kier molecular flexibility index (Phi) is 5.01. The van der Waals surface area contributed by atoms with Gasteiger partial charge in [0.05, 0.1) is 17.2 Å². The van der Waals surface area contributed by atoms with Gasteiger partial charge in [-0.1, -0.05) is 17.7 Å². The van der Waals surface area contributed by atoms with Gasteiger partial charge in [-0.3, -0.25) is 0 Å². The van der Waals surface area contributed by atoms with E-state index < -0.39 is 5.97 Å². The fourth-order valence-electron chi connectivity index (χ4n) is 1.53. The van der Waals surface area contributed by atoms with Crippen molar-refractivity contribution in [2.75, 3.05) is 12.4 Å². The van der Waals surface area contributed by atoms with Gasteiger partial charge in [0.1, 0.15) is 5.75 Å². The zero-order valence-corrected chi connectivity index (χ0v) is 11.9. The van der Waals surface area contributed by atoms with Crippen LogP contribution in [0.3, 0.4) is 0 Å². The van der Waals surface area contributed by atoms with Gasteiger partial charge in [-0.25, -0.2) is 9.78 Å². The maximum atomic E-state index is 10.7. The van der Waals surface area contributed by atoms with E-state index in [4.69, 9.17) is 9.84 Å². The summed E-state index contributed by atoms with van der Waals surface area (Å²) in [4.78, 5) is 14.8. The molecule has 1 aromatic carbocycles. The molecule has 104 valence electrons. The van der Waals surface area contributed by atoms with Gasteiger partial charge in [-0.05, 0) is 31.2 Å². The summed E-state index contributed by atoms with van der Waals surface area (Å²) in [6.07, 6.45) is 1.37. The van der Waals surface area contributed by atoms with E-state index in [0.29, 0.717) is 6.61 Å². The summed E-state index contributed by atoms with van der Waals surface area (Å²) in [5.41, 5.74) is 1.40. The van der Waals surface area contributed by atoms with Crippen LogP contribution in [0.4, 0.5) is 0 Å². The van der Waals surface area contributed by atoms with Crippen LogP contribution in [0.15, 0.2) is 47.6 Å². The van der Waals surface area contributed by atoms with Crippen LogP contribution < -0.4 is 4.74 Å². The summed E-state index contributed by atoms with van der Waals surface area (Å²) >= 11 is 1.53. The summed E-state index contributed by atoms with van der Waals surface area (Å²) in [6.45, 7) is 2.61. The molecule has 0 amide bonds. The molecule has 1 N–H and O–H groups in total. The quantitative estimate of drug-likeness (QED) is 0.653. The van der Waals surface area contributed by atoms with Crippen LogP contribution in [0, 0.1) is 6.92 Å². The van der Waals surface area contributed by atoms with E-state index >= 15 is 0 Å². The Morgan fingerprint density at radius 1 is 1.25 bits per heavy atom. The molecular weight excluding hydrogens is 274 g/mol. The fraction of sp³-hybridized carbons (Fsp3) is 0.200. The van der Waals surface area contributed by atoms with Gasteiger partial charge in [0.15, 0.2) is 0 Å². The molecule has 0 aliphatic heterocycles. The number of thioether (sulfide) groups is 1. The van der Waals surface area contributed by atoms with E-state index in [1.54, 1.807) is 12.1 Å². The van der Waals surface area contributed by atoms with E-state index in [1.165, 1.54) is 23.5 Å².